The van der Waals surface area contributed by atoms with Crippen molar-refractivity contribution in [3.63, 3.8) is 0 Å². The van der Waals surface area contributed by atoms with E-state index < -0.39 is 15.9 Å². The highest BCUT2D eigenvalue weighted by Gasteiger charge is 2.09. The first-order valence-corrected chi connectivity index (χ1v) is 6.10. The van der Waals surface area contributed by atoms with E-state index >= 15 is 0 Å². The largest absolute Gasteiger partial charge is 0.230 e. The SMILES string of the molecule is Cc1ccc(S(=O)/N=C/C(C)(C)Cl)cc1. The lowest BCUT2D eigenvalue weighted by Crippen LogP contribution is -2.11. The van der Waals surface area contributed by atoms with Gasteiger partial charge in [-0.1, -0.05) is 17.7 Å². The van der Waals surface area contributed by atoms with E-state index in [0.717, 1.165) is 5.56 Å². The van der Waals surface area contributed by atoms with E-state index in [1.54, 1.807) is 13.8 Å². The summed E-state index contributed by atoms with van der Waals surface area (Å²) < 4.78 is 15.6. The van der Waals surface area contributed by atoms with E-state index in [1.807, 2.05) is 31.2 Å². The van der Waals surface area contributed by atoms with Gasteiger partial charge in [0.25, 0.3) is 0 Å². The van der Waals surface area contributed by atoms with Gasteiger partial charge in [0, 0.05) is 6.21 Å². The summed E-state index contributed by atoms with van der Waals surface area (Å²) in [4.78, 5) is 0.137. The molecule has 0 aliphatic rings. The Kier molecular flexibility index (Phi) is 4.05. The predicted octanol–water partition coefficient (Wildman–Crippen LogP) is 3.11. The minimum atomic E-state index is -1.35. The first-order valence-electron chi connectivity index (χ1n) is 4.61. The highest BCUT2D eigenvalue weighted by atomic mass is 35.5. The molecule has 0 aliphatic heterocycles. The van der Waals surface area contributed by atoms with Crippen molar-refractivity contribution in [1.82, 2.24) is 0 Å². The highest BCUT2D eigenvalue weighted by Crippen LogP contribution is 2.12. The third kappa shape index (κ3) is 4.58. The zero-order valence-electron chi connectivity index (χ0n) is 9.03. The molecule has 0 fully saturated rings. The number of rotatable bonds is 3. The molecule has 1 unspecified atom stereocenters. The quantitative estimate of drug-likeness (QED) is 0.593. The summed E-state index contributed by atoms with van der Waals surface area (Å²) in [6, 6.07) is 7.44. The van der Waals surface area contributed by atoms with Gasteiger partial charge in [-0.05, 0) is 32.9 Å². The van der Waals surface area contributed by atoms with Gasteiger partial charge in [0.2, 0.25) is 0 Å². The maximum Gasteiger partial charge on any atom is 0.172 e. The molecular weight excluding hydrogens is 230 g/mol. The van der Waals surface area contributed by atoms with Gasteiger partial charge < -0.3 is 0 Å². The minimum Gasteiger partial charge on any atom is -0.230 e. The maximum absolute atomic E-state index is 11.7. The van der Waals surface area contributed by atoms with Crippen molar-refractivity contribution in [3.8, 4) is 0 Å². The van der Waals surface area contributed by atoms with E-state index in [4.69, 9.17) is 11.6 Å². The molecule has 1 rings (SSSR count). The molecule has 0 heterocycles. The number of halogens is 1. The smallest absolute Gasteiger partial charge is 0.172 e. The van der Waals surface area contributed by atoms with Crippen molar-refractivity contribution in [2.75, 3.05) is 0 Å². The van der Waals surface area contributed by atoms with Crippen molar-refractivity contribution < 1.29 is 4.21 Å². The second kappa shape index (κ2) is 4.90. The van der Waals surface area contributed by atoms with Crippen molar-refractivity contribution in [3.05, 3.63) is 29.8 Å². The van der Waals surface area contributed by atoms with E-state index in [-0.39, 0.29) is 0 Å². The molecule has 1 atom stereocenters. The fourth-order valence-electron chi connectivity index (χ4n) is 0.889. The lowest BCUT2D eigenvalue weighted by molar-refractivity contribution is 0.684. The Balaban J connectivity index is 2.78. The van der Waals surface area contributed by atoms with E-state index in [1.165, 1.54) is 6.21 Å². The molecule has 4 heteroatoms. The Labute approximate surface area is 98.0 Å². The van der Waals surface area contributed by atoms with E-state index in [9.17, 15) is 4.21 Å². The maximum atomic E-state index is 11.7. The van der Waals surface area contributed by atoms with Gasteiger partial charge in [0.15, 0.2) is 11.0 Å². The number of aryl methyl sites for hydroxylation is 1. The first-order chi connectivity index (χ1) is 6.88. The second-order valence-corrected chi connectivity index (χ2v) is 6.02. The second-order valence-electron chi connectivity index (χ2n) is 3.86. The van der Waals surface area contributed by atoms with Crippen LogP contribution in [0.3, 0.4) is 0 Å². The molecule has 1 aromatic carbocycles. The average molecular weight is 244 g/mol. The van der Waals surface area contributed by atoms with Crippen LogP contribution in [0.15, 0.2) is 33.6 Å². The lowest BCUT2D eigenvalue weighted by atomic mass is 10.2. The summed E-state index contributed by atoms with van der Waals surface area (Å²) in [5.74, 6) is 0. The molecule has 0 N–H and O–H groups in total. The standard InChI is InChI=1S/C11H14ClNOS/c1-9-4-6-10(7-5-9)15(14)13-8-11(2,3)12/h4-8H,1-3H3/b13-8+. The zero-order valence-corrected chi connectivity index (χ0v) is 10.6. The van der Waals surface area contributed by atoms with E-state index in [0.29, 0.717) is 4.90 Å². The van der Waals surface area contributed by atoms with Crippen molar-refractivity contribution >= 4 is 28.8 Å². The van der Waals surface area contributed by atoms with Crippen LogP contribution in [0, 0.1) is 6.92 Å². The molecule has 0 spiro atoms. The van der Waals surface area contributed by atoms with Crippen molar-refractivity contribution in [2.45, 2.75) is 30.5 Å². The molecule has 0 aliphatic carbocycles. The zero-order chi connectivity index (χ0) is 11.5. The van der Waals surface area contributed by atoms with Crippen molar-refractivity contribution in [1.29, 1.82) is 0 Å². The van der Waals surface area contributed by atoms with Gasteiger partial charge in [-0.2, -0.15) is 4.40 Å². The molecule has 0 saturated heterocycles. The van der Waals surface area contributed by atoms with Crippen LogP contribution in [0.1, 0.15) is 19.4 Å². The van der Waals surface area contributed by atoms with Crippen LogP contribution >= 0.6 is 11.6 Å². The molecule has 0 bridgehead atoms. The Morgan fingerprint density at radius 1 is 1.33 bits per heavy atom. The third-order valence-electron chi connectivity index (χ3n) is 1.68. The van der Waals surface area contributed by atoms with Crippen LogP contribution in [-0.2, 0) is 11.0 Å². The molecule has 15 heavy (non-hydrogen) atoms. The number of nitrogens with zero attached hydrogens (tertiary/aromatic N) is 1. The van der Waals surface area contributed by atoms with Crippen LogP contribution in [0.5, 0.6) is 0 Å². The molecule has 0 aromatic heterocycles. The van der Waals surface area contributed by atoms with Crippen LogP contribution in [0.25, 0.3) is 0 Å². The lowest BCUT2D eigenvalue weighted by Gasteiger charge is -2.06. The molecule has 1 aromatic rings. The molecule has 0 radical (unpaired) electrons. The fourth-order valence-corrected chi connectivity index (χ4v) is 1.85. The summed E-state index contributed by atoms with van der Waals surface area (Å²) in [5, 5.41) is 0. The Morgan fingerprint density at radius 2 is 1.87 bits per heavy atom. The first kappa shape index (κ1) is 12.4. The van der Waals surface area contributed by atoms with Gasteiger partial charge in [-0.15, -0.1) is 11.6 Å². The fraction of sp³-hybridized carbons (Fsp3) is 0.364. The molecular formula is C11H14ClNOS. The number of benzene rings is 1. The third-order valence-corrected chi connectivity index (χ3v) is 2.75. The number of hydrogen-bond donors (Lipinski definition) is 0. The number of hydrogen-bond acceptors (Lipinski definition) is 1. The van der Waals surface area contributed by atoms with Gasteiger partial charge in [0.05, 0.1) is 9.77 Å². The minimum absolute atomic E-state index is 0.555. The summed E-state index contributed by atoms with van der Waals surface area (Å²) in [6.45, 7) is 5.58. The van der Waals surface area contributed by atoms with Gasteiger partial charge >= 0.3 is 0 Å². The Morgan fingerprint density at radius 3 is 2.33 bits per heavy atom. The summed E-state index contributed by atoms with van der Waals surface area (Å²) >= 11 is 5.91. The van der Waals surface area contributed by atoms with Crippen LogP contribution in [-0.4, -0.2) is 15.3 Å². The van der Waals surface area contributed by atoms with E-state index in [2.05, 4.69) is 4.40 Å². The predicted molar refractivity (Wildman–Crippen MR) is 66.0 cm³/mol. The molecule has 0 saturated carbocycles. The van der Waals surface area contributed by atoms with Crippen LogP contribution in [0.4, 0.5) is 0 Å². The normalized spacial score (nSPS) is 14.4. The van der Waals surface area contributed by atoms with Gasteiger partial charge in [-0.25, -0.2) is 4.21 Å². The monoisotopic (exact) mass is 243 g/mol. The Bertz CT molecular complexity index is 379. The number of alkyl halides is 1. The van der Waals surface area contributed by atoms with Gasteiger partial charge in [0.1, 0.15) is 0 Å². The molecule has 0 amide bonds. The highest BCUT2D eigenvalue weighted by molar-refractivity contribution is 7.83. The van der Waals surface area contributed by atoms with Crippen molar-refractivity contribution in [2.24, 2.45) is 4.40 Å². The Hall–Kier alpha value is -0.670. The van der Waals surface area contributed by atoms with Crippen LogP contribution < -0.4 is 0 Å². The topological polar surface area (TPSA) is 29.4 Å². The molecule has 82 valence electrons. The van der Waals surface area contributed by atoms with Gasteiger partial charge in [-0.3, -0.25) is 0 Å². The summed E-state index contributed by atoms with van der Waals surface area (Å²) in [5.41, 5.74) is 1.14. The summed E-state index contributed by atoms with van der Waals surface area (Å²) in [7, 11) is -1.35. The molecule has 2 nitrogen and oxygen atoms in total. The van der Waals surface area contributed by atoms with Crippen LogP contribution in [0.2, 0.25) is 0 Å². The summed E-state index contributed by atoms with van der Waals surface area (Å²) in [6.07, 6.45) is 1.50. The average Bonchev–Trinajstić information content (AvgIpc) is 2.14.